The number of carbonyl (C=O) groups is 3. The van der Waals surface area contributed by atoms with E-state index in [1.54, 1.807) is 33.2 Å². The van der Waals surface area contributed by atoms with Gasteiger partial charge < -0.3 is 30.9 Å². The molecule has 168 valence electrons. The van der Waals surface area contributed by atoms with Gasteiger partial charge in [0.15, 0.2) is 0 Å². The first-order chi connectivity index (χ1) is 15.0. The number of carbonyl (C=O) groups excluding carboxylic acids is 3. The van der Waals surface area contributed by atoms with E-state index in [1.807, 2.05) is 0 Å². The van der Waals surface area contributed by atoms with Crippen molar-refractivity contribution in [3.05, 3.63) is 46.2 Å². The van der Waals surface area contributed by atoms with Gasteiger partial charge in [0.2, 0.25) is 5.78 Å². The average molecular weight is 442 g/mol. The maximum absolute atomic E-state index is 12.8. The van der Waals surface area contributed by atoms with Crippen LogP contribution in [-0.2, 0) is 14.3 Å². The number of ketones is 1. The van der Waals surface area contributed by atoms with Crippen molar-refractivity contribution in [2.45, 2.75) is 25.2 Å². The molecule has 2 aliphatic rings. The number of nitrogens with two attached hydrogens (primary N) is 1. The van der Waals surface area contributed by atoms with Crippen LogP contribution in [0, 0.1) is 12.8 Å². The lowest BCUT2D eigenvalue weighted by Gasteiger charge is -2.40. The van der Waals surface area contributed by atoms with Crippen molar-refractivity contribution in [1.29, 1.82) is 0 Å². The van der Waals surface area contributed by atoms with Gasteiger partial charge in [-0.2, -0.15) is 0 Å². The SMILES string of the molecule is Cc1c2c(c(O)c3c(O)cccc13)C(=O)O[C@@H]2[C@H]1[C@H](N(C)C)C(O)=C(C(N)=O)C(=O)[C@@H]1O. The van der Waals surface area contributed by atoms with Gasteiger partial charge in [-0.1, -0.05) is 12.1 Å². The van der Waals surface area contributed by atoms with Gasteiger partial charge in [-0.05, 0) is 38.0 Å². The molecule has 4 rings (SSSR count). The Morgan fingerprint density at radius 2 is 1.81 bits per heavy atom. The number of primary amides is 1. The molecule has 0 aromatic heterocycles. The predicted molar refractivity (Wildman–Crippen MR) is 111 cm³/mol. The number of hydrogen-bond acceptors (Lipinski definition) is 9. The zero-order valence-electron chi connectivity index (χ0n) is 17.5. The Morgan fingerprint density at radius 1 is 1.16 bits per heavy atom. The Balaban J connectivity index is 1.99. The normalized spacial score (nSPS) is 25.4. The summed E-state index contributed by atoms with van der Waals surface area (Å²) >= 11 is 0. The van der Waals surface area contributed by atoms with Crippen molar-refractivity contribution >= 4 is 28.4 Å². The van der Waals surface area contributed by atoms with Crippen molar-refractivity contribution in [2.24, 2.45) is 11.7 Å². The molecule has 1 aliphatic heterocycles. The van der Waals surface area contributed by atoms with Crippen LogP contribution in [0.1, 0.15) is 27.6 Å². The summed E-state index contributed by atoms with van der Waals surface area (Å²) in [6.45, 7) is 1.65. The van der Waals surface area contributed by atoms with Crippen molar-refractivity contribution in [3.63, 3.8) is 0 Å². The van der Waals surface area contributed by atoms with Crippen LogP contribution in [0.3, 0.4) is 0 Å². The monoisotopic (exact) mass is 442 g/mol. The number of esters is 1. The quantitative estimate of drug-likeness (QED) is 0.336. The number of nitrogens with zero attached hydrogens (tertiary/aromatic N) is 1. The molecule has 0 radical (unpaired) electrons. The van der Waals surface area contributed by atoms with Crippen molar-refractivity contribution in [2.75, 3.05) is 14.1 Å². The summed E-state index contributed by atoms with van der Waals surface area (Å²) in [6.07, 6.45) is -3.07. The first kappa shape index (κ1) is 21.6. The topological polar surface area (TPSA) is 171 Å². The fourth-order valence-corrected chi connectivity index (χ4v) is 4.87. The second-order valence-corrected chi connectivity index (χ2v) is 8.21. The second kappa shape index (κ2) is 7.21. The minimum atomic E-state index is -1.83. The zero-order chi connectivity index (χ0) is 23.6. The molecule has 1 amide bonds. The summed E-state index contributed by atoms with van der Waals surface area (Å²) in [6, 6.07) is 3.47. The summed E-state index contributed by atoms with van der Waals surface area (Å²) in [7, 11) is 3.10. The van der Waals surface area contributed by atoms with E-state index in [-0.39, 0.29) is 22.3 Å². The van der Waals surface area contributed by atoms with E-state index in [9.17, 15) is 34.8 Å². The van der Waals surface area contributed by atoms with E-state index in [2.05, 4.69) is 0 Å². The highest BCUT2D eigenvalue weighted by molar-refractivity contribution is 6.21. The summed E-state index contributed by atoms with van der Waals surface area (Å²) in [5.74, 6) is -5.73. The number of amides is 1. The lowest BCUT2D eigenvalue weighted by Crippen LogP contribution is -2.54. The molecule has 1 aliphatic carbocycles. The Hall–Kier alpha value is -3.63. The van der Waals surface area contributed by atoms with E-state index in [4.69, 9.17) is 10.5 Å². The third-order valence-corrected chi connectivity index (χ3v) is 6.25. The number of aliphatic hydroxyl groups excluding tert-OH is 2. The zero-order valence-corrected chi connectivity index (χ0v) is 17.5. The highest BCUT2D eigenvalue weighted by atomic mass is 16.6. The summed E-state index contributed by atoms with van der Waals surface area (Å²) in [4.78, 5) is 38.7. The predicted octanol–water partition coefficient (Wildman–Crippen LogP) is 0.558. The van der Waals surface area contributed by atoms with E-state index in [0.717, 1.165) is 0 Å². The molecule has 0 saturated carbocycles. The minimum absolute atomic E-state index is 0.0736. The summed E-state index contributed by atoms with van der Waals surface area (Å²) in [5.41, 5.74) is 5.05. The van der Waals surface area contributed by atoms with Crippen LogP contribution in [0.25, 0.3) is 10.8 Å². The minimum Gasteiger partial charge on any atom is -0.510 e. The number of cyclic esters (lactones) is 1. The van der Waals surface area contributed by atoms with Crippen LogP contribution in [0.15, 0.2) is 29.5 Å². The number of hydrogen-bond donors (Lipinski definition) is 5. The molecule has 32 heavy (non-hydrogen) atoms. The fourth-order valence-electron chi connectivity index (χ4n) is 4.87. The van der Waals surface area contributed by atoms with Crippen molar-refractivity contribution in [1.82, 2.24) is 4.90 Å². The van der Waals surface area contributed by atoms with Crippen molar-refractivity contribution in [3.8, 4) is 11.5 Å². The number of aryl methyl sites for hydroxylation is 1. The Bertz CT molecular complexity index is 1230. The molecular weight excluding hydrogens is 420 g/mol. The van der Waals surface area contributed by atoms with Gasteiger partial charge in [0.1, 0.15) is 40.6 Å². The number of phenolic OH excluding ortho intramolecular Hbond substituents is 2. The van der Waals surface area contributed by atoms with Gasteiger partial charge in [-0.25, -0.2) is 4.79 Å². The van der Waals surface area contributed by atoms with Gasteiger partial charge >= 0.3 is 5.97 Å². The molecule has 10 nitrogen and oxygen atoms in total. The highest BCUT2D eigenvalue weighted by Gasteiger charge is 2.54. The molecular formula is C22H22N2O8. The number of rotatable bonds is 3. The maximum atomic E-state index is 12.8. The molecule has 0 saturated heterocycles. The molecule has 4 atom stereocenters. The van der Waals surface area contributed by atoms with Crippen LogP contribution in [0.2, 0.25) is 0 Å². The number of benzene rings is 2. The molecule has 2 aromatic carbocycles. The van der Waals surface area contributed by atoms with Crippen LogP contribution in [0.5, 0.6) is 11.5 Å². The largest absolute Gasteiger partial charge is 0.510 e. The number of aliphatic hydroxyl groups is 2. The molecule has 10 heteroatoms. The number of Topliss-reactive ketones (excluding diaryl/α,β-unsaturated/α-hetero) is 1. The molecule has 0 unspecified atom stereocenters. The summed E-state index contributed by atoms with van der Waals surface area (Å²) in [5, 5.41) is 43.1. The fraction of sp³-hybridized carbons (Fsp3) is 0.318. The van der Waals surface area contributed by atoms with Crippen LogP contribution in [-0.4, -0.2) is 69.2 Å². The smallest absolute Gasteiger partial charge is 0.343 e. The third kappa shape index (κ3) is 2.76. The Morgan fingerprint density at radius 3 is 2.41 bits per heavy atom. The molecule has 2 aromatic rings. The van der Waals surface area contributed by atoms with Crippen molar-refractivity contribution < 1.29 is 39.5 Å². The highest BCUT2D eigenvalue weighted by Crippen LogP contribution is 2.51. The molecule has 0 fully saturated rings. The van der Waals surface area contributed by atoms with Crippen LogP contribution < -0.4 is 5.73 Å². The van der Waals surface area contributed by atoms with Gasteiger partial charge in [0, 0.05) is 5.56 Å². The second-order valence-electron chi connectivity index (χ2n) is 8.21. The van der Waals surface area contributed by atoms with E-state index in [0.29, 0.717) is 10.9 Å². The number of likely N-dealkylation sites (N-methyl/N-ethyl adjacent to an activating group) is 1. The Labute approximate surface area is 182 Å². The van der Waals surface area contributed by atoms with Gasteiger partial charge in [-0.3, -0.25) is 14.5 Å². The lowest BCUT2D eigenvalue weighted by molar-refractivity contribution is -0.136. The van der Waals surface area contributed by atoms with Crippen LogP contribution >= 0.6 is 0 Å². The third-order valence-electron chi connectivity index (χ3n) is 6.25. The van der Waals surface area contributed by atoms with E-state index in [1.165, 1.54) is 11.0 Å². The maximum Gasteiger partial charge on any atom is 0.343 e. The average Bonchev–Trinajstić information content (AvgIpc) is 3.05. The standard InChI is InChI=1S/C22H22N2O8/c1-7-8-5-4-6-9(25)11(8)16(26)12-10(7)20(32-22(12)31)13-15(24(2)3)17(27)14(21(23)30)19(29)18(13)28/h4-6,13,15,18,20,25-28H,1-3H3,(H2,23,30)/t13-,15-,18+,20-/m0/s1. The van der Waals surface area contributed by atoms with Gasteiger partial charge in [-0.15, -0.1) is 0 Å². The van der Waals surface area contributed by atoms with E-state index >= 15 is 0 Å². The number of phenols is 2. The lowest BCUT2D eigenvalue weighted by atomic mass is 9.74. The first-order valence-electron chi connectivity index (χ1n) is 9.78. The van der Waals surface area contributed by atoms with Crippen LogP contribution in [0.4, 0.5) is 0 Å². The number of ether oxygens (including phenoxy) is 1. The van der Waals surface area contributed by atoms with Gasteiger partial charge in [0.05, 0.1) is 17.3 Å². The number of aromatic hydroxyl groups is 2. The van der Waals surface area contributed by atoms with E-state index < -0.39 is 58.9 Å². The summed E-state index contributed by atoms with van der Waals surface area (Å²) < 4.78 is 5.52. The molecule has 0 spiro atoms. The molecule has 0 bridgehead atoms. The number of fused-ring (bicyclic) bond motifs is 2. The molecule has 1 heterocycles. The van der Waals surface area contributed by atoms with Gasteiger partial charge in [0.25, 0.3) is 5.91 Å². The Kier molecular flexibility index (Phi) is 4.87. The first-order valence-corrected chi connectivity index (χ1v) is 9.78. The molecule has 6 N–H and O–H groups in total.